The Balaban J connectivity index is 2.95. The van der Waals surface area contributed by atoms with Crippen molar-refractivity contribution in [3.63, 3.8) is 0 Å². The van der Waals surface area contributed by atoms with Crippen LogP contribution < -0.4 is 5.32 Å². The van der Waals surface area contributed by atoms with Crippen LogP contribution in [0.25, 0.3) is 0 Å². The van der Waals surface area contributed by atoms with Gasteiger partial charge in [0.1, 0.15) is 0 Å². The van der Waals surface area contributed by atoms with Crippen molar-refractivity contribution < 1.29 is 14.3 Å². The molecule has 5 heteroatoms. The molecule has 0 spiro atoms. The lowest BCUT2D eigenvalue weighted by Gasteiger charge is -2.02. The Morgan fingerprint density at radius 3 is 2.82 bits per heavy atom. The number of nitrogens with one attached hydrogen (secondary N) is 1. The molecule has 1 N–H and O–H groups in total. The molecular formula is C6H13NO3S. The van der Waals surface area contributed by atoms with E-state index < -0.39 is 0 Å². The van der Waals surface area contributed by atoms with Crippen molar-refractivity contribution in [3.8, 4) is 0 Å². The number of thioether (sulfide) groups is 1. The summed E-state index contributed by atoms with van der Waals surface area (Å²) >= 11 is 1.61. The van der Waals surface area contributed by atoms with Crippen LogP contribution in [0.15, 0.2) is 0 Å². The Kier molecular flexibility index (Phi) is 7.39. The highest BCUT2D eigenvalue weighted by Gasteiger charge is 1.95. The van der Waals surface area contributed by atoms with E-state index in [1.807, 2.05) is 0 Å². The quantitative estimate of drug-likeness (QED) is 0.498. The Bertz CT molecular complexity index is 110. The molecule has 0 atom stereocenters. The fourth-order valence-corrected chi connectivity index (χ4v) is 0.971. The number of carbonyl (C=O) groups excluding carboxylic acids is 1. The minimum Gasteiger partial charge on any atom is -0.453 e. The lowest BCUT2D eigenvalue weighted by molar-refractivity contribution is 0.172. The van der Waals surface area contributed by atoms with Gasteiger partial charge in [-0.3, -0.25) is 0 Å². The van der Waals surface area contributed by atoms with Crippen LogP contribution in [0.1, 0.15) is 0 Å². The lowest BCUT2D eigenvalue weighted by Crippen LogP contribution is -2.25. The van der Waals surface area contributed by atoms with Gasteiger partial charge in [0.25, 0.3) is 0 Å². The van der Waals surface area contributed by atoms with Gasteiger partial charge in [-0.25, -0.2) is 4.79 Å². The summed E-state index contributed by atoms with van der Waals surface area (Å²) in [6.07, 6.45) is -0.386. The first-order valence-electron chi connectivity index (χ1n) is 3.19. The van der Waals surface area contributed by atoms with E-state index in [2.05, 4.69) is 10.1 Å². The molecule has 0 aliphatic rings. The van der Waals surface area contributed by atoms with E-state index in [-0.39, 0.29) is 6.09 Å². The average molecular weight is 179 g/mol. The summed E-state index contributed by atoms with van der Waals surface area (Å²) in [6, 6.07) is 0. The molecular weight excluding hydrogens is 166 g/mol. The number of methoxy groups -OCH3 is 2. The van der Waals surface area contributed by atoms with Crippen molar-refractivity contribution in [3.05, 3.63) is 0 Å². The minimum atomic E-state index is -0.386. The summed E-state index contributed by atoms with van der Waals surface area (Å²) < 4.78 is 9.16. The second-order valence-corrected chi connectivity index (χ2v) is 2.79. The van der Waals surface area contributed by atoms with Crippen LogP contribution in [-0.4, -0.2) is 38.5 Å². The van der Waals surface area contributed by atoms with Crippen molar-refractivity contribution in [2.75, 3.05) is 32.5 Å². The van der Waals surface area contributed by atoms with Crippen LogP contribution in [0.5, 0.6) is 0 Å². The van der Waals surface area contributed by atoms with E-state index in [4.69, 9.17) is 4.74 Å². The third kappa shape index (κ3) is 7.48. The third-order valence-electron chi connectivity index (χ3n) is 0.902. The van der Waals surface area contributed by atoms with Gasteiger partial charge in [-0.05, 0) is 0 Å². The van der Waals surface area contributed by atoms with Gasteiger partial charge < -0.3 is 14.8 Å². The predicted molar refractivity (Wildman–Crippen MR) is 44.7 cm³/mol. The minimum absolute atomic E-state index is 0.386. The zero-order valence-corrected chi connectivity index (χ0v) is 7.57. The van der Waals surface area contributed by atoms with Crippen LogP contribution in [0.4, 0.5) is 4.79 Å². The largest absolute Gasteiger partial charge is 0.453 e. The molecule has 0 bridgehead atoms. The first-order valence-corrected chi connectivity index (χ1v) is 4.35. The Hall–Kier alpha value is -0.420. The predicted octanol–water partition coefficient (Wildman–Crippen LogP) is 0.679. The molecule has 0 aromatic heterocycles. The molecule has 0 heterocycles. The smallest absolute Gasteiger partial charge is 0.406 e. The van der Waals surface area contributed by atoms with E-state index in [1.54, 1.807) is 18.9 Å². The number of hydrogen-bond donors (Lipinski definition) is 1. The van der Waals surface area contributed by atoms with E-state index in [0.29, 0.717) is 12.5 Å². The molecule has 4 nitrogen and oxygen atoms in total. The van der Waals surface area contributed by atoms with E-state index in [9.17, 15) is 4.79 Å². The van der Waals surface area contributed by atoms with Crippen LogP contribution in [0, 0.1) is 0 Å². The van der Waals surface area contributed by atoms with Gasteiger partial charge in [-0.1, -0.05) is 0 Å². The maximum absolute atomic E-state index is 10.5. The fraction of sp³-hybridized carbons (Fsp3) is 0.833. The van der Waals surface area contributed by atoms with Crippen molar-refractivity contribution in [1.82, 2.24) is 5.32 Å². The van der Waals surface area contributed by atoms with Gasteiger partial charge in [0.2, 0.25) is 0 Å². The van der Waals surface area contributed by atoms with Gasteiger partial charge in [-0.2, -0.15) is 0 Å². The summed E-state index contributed by atoms with van der Waals surface area (Å²) in [6.45, 7) is 0.612. The number of rotatable bonds is 5. The number of amides is 1. The van der Waals surface area contributed by atoms with Crippen LogP contribution in [0.3, 0.4) is 0 Å². The molecule has 1 amide bonds. The molecule has 11 heavy (non-hydrogen) atoms. The highest BCUT2D eigenvalue weighted by atomic mass is 32.2. The number of ether oxygens (including phenoxy) is 2. The molecule has 0 aromatic carbocycles. The maximum atomic E-state index is 10.5. The van der Waals surface area contributed by atoms with Crippen molar-refractivity contribution in [2.45, 2.75) is 0 Å². The lowest BCUT2D eigenvalue weighted by atomic mass is 10.7. The van der Waals surface area contributed by atoms with Gasteiger partial charge in [0.15, 0.2) is 0 Å². The molecule has 0 aromatic rings. The van der Waals surface area contributed by atoms with Crippen LogP contribution in [0.2, 0.25) is 0 Å². The third-order valence-corrected chi connectivity index (χ3v) is 1.80. The van der Waals surface area contributed by atoms with E-state index in [0.717, 1.165) is 5.75 Å². The molecule has 0 aliphatic heterocycles. The number of hydrogen-bond acceptors (Lipinski definition) is 4. The molecule has 0 saturated carbocycles. The second kappa shape index (κ2) is 7.68. The first kappa shape index (κ1) is 10.6. The van der Waals surface area contributed by atoms with E-state index >= 15 is 0 Å². The molecule has 0 aliphatic carbocycles. The number of carbonyl (C=O) groups is 1. The fourth-order valence-electron chi connectivity index (χ4n) is 0.440. The maximum Gasteiger partial charge on any atom is 0.406 e. The van der Waals surface area contributed by atoms with Gasteiger partial charge >= 0.3 is 6.09 Å². The average Bonchev–Trinajstić information content (AvgIpc) is 2.04. The topological polar surface area (TPSA) is 47.6 Å². The van der Waals surface area contributed by atoms with Crippen LogP contribution >= 0.6 is 11.8 Å². The Morgan fingerprint density at radius 1 is 1.55 bits per heavy atom. The summed E-state index contributed by atoms with van der Waals surface area (Å²) in [5.41, 5.74) is 0. The standard InChI is InChI=1S/C6H13NO3S/c1-9-5-11-4-3-7-6(8)10-2/h3-5H2,1-2H3,(H,7,8). The first-order chi connectivity index (χ1) is 5.31. The van der Waals surface area contributed by atoms with Gasteiger partial charge in [0.05, 0.1) is 13.0 Å². The second-order valence-electron chi connectivity index (χ2n) is 1.73. The molecule has 66 valence electrons. The molecule has 0 rings (SSSR count). The normalized spacial score (nSPS) is 9.27. The Labute approximate surface area is 70.6 Å². The zero-order valence-electron chi connectivity index (χ0n) is 6.75. The van der Waals surface area contributed by atoms with Crippen molar-refractivity contribution in [2.24, 2.45) is 0 Å². The monoisotopic (exact) mass is 179 g/mol. The van der Waals surface area contributed by atoms with Crippen molar-refractivity contribution >= 4 is 17.9 Å². The number of alkyl carbamates (subject to hydrolysis) is 1. The van der Waals surface area contributed by atoms with Gasteiger partial charge in [-0.15, -0.1) is 11.8 Å². The summed E-state index contributed by atoms with van der Waals surface area (Å²) in [5.74, 6) is 1.49. The molecule has 0 fully saturated rings. The van der Waals surface area contributed by atoms with Gasteiger partial charge in [0, 0.05) is 19.4 Å². The highest BCUT2D eigenvalue weighted by molar-refractivity contribution is 7.99. The van der Waals surface area contributed by atoms with Crippen molar-refractivity contribution in [1.29, 1.82) is 0 Å². The highest BCUT2D eigenvalue weighted by Crippen LogP contribution is 1.96. The summed E-state index contributed by atoms with van der Waals surface area (Å²) in [5, 5.41) is 2.55. The summed E-state index contributed by atoms with van der Waals surface area (Å²) in [7, 11) is 2.98. The van der Waals surface area contributed by atoms with Crippen LogP contribution in [-0.2, 0) is 9.47 Å². The Morgan fingerprint density at radius 2 is 2.27 bits per heavy atom. The zero-order chi connectivity index (χ0) is 8.53. The van der Waals surface area contributed by atoms with E-state index in [1.165, 1.54) is 7.11 Å². The SMILES string of the molecule is COCSCCNC(=O)OC. The molecule has 0 radical (unpaired) electrons. The summed E-state index contributed by atoms with van der Waals surface area (Å²) in [4.78, 5) is 10.5. The molecule has 0 saturated heterocycles. The molecule has 0 unspecified atom stereocenters.